The molecule has 4 amide bonds. The van der Waals surface area contributed by atoms with Crippen molar-refractivity contribution in [2.24, 2.45) is 11.5 Å². The van der Waals surface area contributed by atoms with Crippen molar-refractivity contribution >= 4 is 29.5 Å². The van der Waals surface area contributed by atoms with Gasteiger partial charge in [0.25, 0.3) is 23.6 Å². The van der Waals surface area contributed by atoms with Crippen LogP contribution in [0.5, 0.6) is 11.5 Å². The number of rotatable bonds is 11. The highest BCUT2D eigenvalue weighted by atomic mass is 16.5. The topological polar surface area (TPSA) is 187 Å². The van der Waals surface area contributed by atoms with Gasteiger partial charge in [-0.2, -0.15) is 0 Å². The predicted molar refractivity (Wildman–Crippen MR) is 123 cm³/mol. The predicted octanol–water partition coefficient (Wildman–Crippen LogP) is 0.118. The fourth-order valence-electron chi connectivity index (χ4n) is 3.42. The molecule has 1 atom stereocenters. The van der Waals surface area contributed by atoms with Crippen molar-refractivity contribution in [2.75, 3.05) is 20.3 Å². The van der Waals surface area contributed by atoms with Crippen molar-refractivity contribution in [3.05, 3.63) is 58.7 Å². The van der Waals surface area contributed by atoms with Gasteiger partial charge in [-0.25, -0.2) is 4.90 Å². The summed E-state index contributed by atoms with van der Waals surface area (Å²) in [5, 5.41) is 10.2. The van der Waals surface area contributed by atoms with E-state index in [9.17, 15) is 19.2 Å². The van der Waals surface area contributed by atoms with Gasteiger partial charge in [-0.1, -0.05) is 12.1 Å². The molecule has 1 heterocycles. The molecule has 35 heavy (non-hydrogen) atoms. The Bertz CT molecular complexity index is 1200. The Morgan fingerprint density at radius 1 is 1.09 bits per heavy atom. The number of nitrogens with one attached hydrogen (secondary N) is 2. The number of nitrogens with zero attached hydrogens (tertiary/aromatic N) is 1. The Morgan fingerprint density at radius 3 is 2.43 bits per heavy atom. The smallest absolute Gasteiger partial charge is 0.271 e. The summed E-state index contributed by atoms with van der Waals surface area (Å²) in [5.41, 5.74) is 11.7. The van der Waals surface area contributed by atoms with Crippen LogP contribution in [0.25, 0.3) is 0 Å². The number of primary amides is 1. The van der Waals surface area contributed by atoms with E-state index in [1.54, 1.807) is 25.1 Å². The SMILES string of the molecule is CCOC(C(=O)NCc1ccc(C(=N)N)cc1OCC(N)=O)N1C(=O)c2ccc(OC)cc2C1=O. The van der Waals surface area contributed by atoms with Crippen LogP contribution in [0.4, 0.5) is 0 Å². The second-order valence-corrected chi connectivity index (χ2v) is 7.41. The average molecular weight is 483 g/mol. The molecule has 6 N–H and O–H groups in total. The molecular weight excluding hydrogens is 458 g/mol. The molecule has 1 aliphatic heterocycles. The van der Waals surface area contributed by atoms with E-state index < -0.39 is 36.5 Å². The molecule has 184 valence electrons. The molecule has 0 fully saturated rings. The standard InChI is InChI=1S/C23H25N5O7/c1-3-34-23(28-21(31)15-7-6-14(33-2)9-16(15)22(28)32)20(30)27-10-13-5-4-12(19(25)26)8-17(13)35-11-18(24)29/h4-9,23H,3,10-11H2,1-2H3,(H2,24,29)(H3,25,26)(H,27,30). The highest BCUT2D eigenvalue weighted by molar-refractivity contribution is 6.22. The second kappa shape index (κ2) is 10.7. The first-order chi connectivity index (χ1) is 16.7. The lowest BCUT2D eigenvalue weighted by molar-refractivity contribution is -0.140. The number of ether oxygens (including phenoxy) is 3. The van der Waals surface area contributed by atoms with E-state index in [-0.39, 0.29) is 35.9 Å². The maximum absolute atomic E-state index is 13.0. The minimum atomic E-state index is -1.52. The highest BCUT2D eigenvalue weighted by Crippen LogP contribution is 2.29. The normalized spacial score (nSPS) is 13.3. The summed E-state index contributed by atoms with van der Waals surface area (Å²) in [6.45, 7) is 1.14. The third-order valence-corrected chi connectivity index (χ3v) is 5.11. The van der Waals surface area contributed by atoms with Crippen molar-refractivity contribution in [3.63, 3.8) is 0 Å². The molecule has 0 bridgehead atoms. The van der Waals surface area contributed by atoms with Crippen molar-refractivity contribution in [2.45, 2.75) is 19.7 Å². The number of benzene rings is 2. The second-order valence-electron chi connectivity index (χ2n) is 7.41. The molecule has 2 aromatic rings. The number of imide groups is 1. The van der Waals surface area contributed by atoms with Crippen LogP contribution in [-0.4, -0.2) is 60.9 Å². The van der Waals surface area contributed by atoms with E-state index in [1.807, 2.05) is 0 Å². The number of hydrogen-bond acceptors (Lipinski definition) is 8. The van der Waals surface area contributed by atoms with Crippen molar-refractivity contribution in [3.8, 4) is 11.5 Å². The lowest BCUT2D eigenvalue weighted by atomic mass is 10.1. The van der Waals surface area contributed by atoms with E-state index in [0.29, 0.717) is 16.9 Å². The Morgan fingerprint density at radius 2 is 1.80 bits per heavy atom. The molecule has 3 rings (SSSR count). The first-order valence-corrected chi connectivity index (χ1v) is 10.5. The molecule has 12 nitrogen and oxygen atoms in total. The van der Waals surface area contributed by atoms with E-state index in [0.717, 1.165) is 4.90 Å². The van der Waals surface area contributed by atoms with Crippen LogP contribution in [0.2, 0.25) is 0 Å². The largest absolute Gasteiger partial charge is 0.497 e. The van der Waals surface area contributed by atoms with Gasteiger partial charge >= 0.3 is 0 Å². The van der Waals surface area contributed by atoms with Gasteiger partial charge in [-0.15, -0.1) is 0 Å². The van der Waals surface area contributed by atoms with Gasteiger partial charge in [-0.05, 0) is 31.2 Å². The van der Waals surface area contributed by atoms with Gasteiger partial charge in [0, 0.05) is 24.3 Å². The van der Waals surface area contributed by atoms with Crippen LogP contribution in [-0.2, 0) is 20.9 Å². The van der Waals surface area contributed by atoms with E-state index in [2.05, 4.69) is 5.32 Å². The average Bonchev–Trinajstić information content (AvgIpc) is 3.08. The monoisotopic (exact) mass is 483 g/mol. The number of amides is 4. The van der Waals surface area contributed by atoms with E-state index >= 15 is 0 Å². The Kier molecular flexibility index (Phi) is 7.66. The zero-order valence-corrected chi connectivity index (χ0v) is 19.1. The Hall–Kier alpha value is -4.45. The Labute approximate surface area is 200 Å². The van der Waals surface area contributed by atoms with Crippen LogP contribution < -0.4 is 26.3 Å². The number of nitrogens with two attached hydrogens (primary N) is 2. The molecule has 0 saturated carbocycles. The molecule has 0 spiro atoms. The number of hydrogen-bond donors (Lipinski definition) is 4. The fourth-order valence-corrected chi connectivity index (χ4v) is 3.42. The number of carbonyl (C=O) groups is 4. The zero-order valence-electron chi connectivity index (χ0n) is 19.1. The van der Waals surface area contributed by atoms with Gasteiger partial charge in [0.15, 0.2) is 6.61 Å². The summed E-state index contributed by atoms with van der Waals surface area (Å²) < 4.78 is 16.0. The molecule has 12 heteroatoms. The van der Waals surface area contributed by atoms with Crippen molar-refractivity contribution in [1.82, 2.24) is 10.2 Å². The quantitative estimate of drug-likeness (QED) is 0.197. The number of methoxy groups -OCH3 is 1. The van der Waals surface area contributed by atoms with Crippen LogP contribution in [0.15, 0.2) is 36.4 Å². The molecule has 0 aliphatic carbocycles. The zero-order chi connectivity index (χ0) is 25.7. The van der Waals surface area contributed by atoms with E-state index in [1.165, 1.54) is 25.3 Å². The summed E-state index contributed by atoms with van der Waals surface area (Å²) in [6.07, 6.45) is -1.52. The first-order valence-electron chi connectivity index (χ1n) is 10.5. The summed E-state index contributed by atoms with van der Waals surface area (Å²) in [5.74, 6) is -2.47. The molecule has 0 aromatic heterocycles. The van der Waals surface area contributed by atoms with Crippen LogP contribution in [0.1, 0.15) is 38.8 Å². The summed E-state index contributed by atoms with van der Waals surface area (Å²) >= 11 is 0. The minimum absolute atomic E-state index is 0.0507. The summed E-state index contributed by atoms with van der Waals surface area (Å²) in [4.78, 5) is 50.8. The van der Waals surface area contributed by atoms with Crippen molar-refractivity contribution in [1.29, 1.82) is 5.41 Å². The first kappa shape index (κ1) is 25.2. The number of amidine groups is 1. The fraction of sp³-hybridized carbons (Fsp3) is 0.261. The summed E-state index contributed by atoms with van der Waals surface area (Å²) in [7, 11) is 1.43. The molecular formula is C23H25N5O7. The molecule has 0 saturated heterocycles. The van der Waals surface area contributed by atoms with Gasteiger partial charge in [0.2, 0.25) is 6.23 Å². The number of nitrogen functional groups attached to an aromatic ring is 1. The third-order valence-electron chi connectivity index (χ3n) is 5.11. The van der Waals surface area contributed by atoms with Gasteiger partial charge < -0.3 is 31.0 Å². The lowest BCUT2D eigenvalue weighted by Crippen LogP contribution is -2.51. The number of carbonyl (C=O) groups excluding carboxylic acids is 4. The van der Waals surface area contributed by atoms with Crippen LogP contribution in [0, 0.1) is 5.41 Å². The molecule has 1 aliphatic rings. The number of fused-ring (bicyclic) bond motifs is 1. The minimum Gasteiger partial charge on any atom is -0.497 e. The highest BCUT2D eigenvalue weighted by Gasteiger charge is 2.43. The van der Waals surface area contributed by atoms with Crippen molar-refractivity contribution < 1.29 is 33.4 Å². The Balaban J connectivity index is 1.81. The summed E-state index contributed by atoms with van der Waals surface area (Å²) in [6, 6.07) is 8.95. The maximum atomic E-state index is 13.0. The third kappa shape index (κ3) is 5.38. The maximum Gasteiger partial charge on any atom is 0.271 e. The van der Waals surface area contributed by atoms with Gasteiger partial charge in [0.1, 0.15) is 17.3 Å². The lowest BCUT2D eigenvalue weighted by Gasteiger charge is -2.25. The molecule has 1 unspecified atom stereocenters. The molecule has 2 aromatic carbocycles. The van der Waals surface area contributed by atoms with Gasteiger partial charge in [-0.3, -0.25) is 24.6 Å². The van der Waals surface area contributed by atoms with Crippen LogP contribution >= 0.6 is 0 Å². The van der Waals surface area contributed by atoms with E-state index in [4.69, 9.17) is 31.1 Å². The molecule has 0 radical (unpaired) electrons. The van der Waals surface area contributed by atoms with Gasteiger partial charge in [0.05, 0.1) is 18.2 Å². The van der Waals surface area contributed by atoms with Crippen LogP contribution in [0.3, 0.4) is 0 Å².